The highest BCUT2D eigenvalue weighted by Gasteiger charge is 2.27. The van der Waals surface area contributed by atoms with Gasteiger partial charge in [0.1, 0.15) is 18.2 Å². The second-order valence-electron chi connectivity index (χ2n) is 4.50. The van der Waals surface area contributed by atoms with Gasteiger partial charge in [-0.2, -0.15) is 5.10 Å². The minimum absolute atomic E-state index is 0.210. The van der Waals surface area contributed by atoms with Crippen molar-refractivity contribution >= 4 is 5.91 Å². The molecule has 1 aliphatic rings. The second-order valence-corrected chi connectivity index (χ2v) is 4.50. The maximum Gasteiger partial charge on any atom is 0.291 e. The van der Waals surface area contributed by atoms with E-state index in [-0.39, 0.29) is 23.7 Å². The summed E-state index contributed by atoms with van der Waals surface area (Å²) in [6, 6.07) is 6.11. The van der Waals surface area contributed by atoms with E-state index in [1.807, 2.05) is 0 Å². The summed E-state index contributed by atoms with van der Waals surface area (Å²) in [5.41, 5.74) is 0.849. The minimum atomic E-state index is -0.292. The molecule has 1 atom stereocenters. The molecular formula is C13H13FN4O2. The van der Waals surface area contributed by atoms with Crippen molar-refractivity contribution in [3.05, 3.63) is 47.8 Å². The first-order valence-electron chi connectivity index (χ1n) is 6.26. The first kappa shape index (κ1) is 12.7. The average molecular weight is 276 g/mol. The molecule has 3 rings (SSSR count). The molecule has 1 fully saturated rings. The van der Waals surface area contributed by atoms with Crippen molar-refractivity contribution in [2.75, 3.05) is 19.7 Å². The van der Waals surface area contributed by atoms with Gasteiger partial charge < -0.3 is 9.64 Å². The van der Waals surface area contributed by atoms with Gasteiger partial charge in [-0.1, -0.05) is 12.1 Å². The number of amides is 1. The number of ether oxygens (including phenoxy) is 1. The van der Waals surface area contributed by atoms with Gasteiger partial charge in [0.25, 0.3) is 5.91 Å². The van der Waals surface area contributed by atoms with E-state index in [0.29, 0.717) is 19.7 Å². The number of aromatic nitrogens is 3. The molecule has 2 heterocycles. The Morgan fingerprint density at radius 3 is 2.90 bits per heavy atom. The normalized spacial score (nSPS) is 19.1. The summed E-state index contributed by atoms with van der Waals surface area (Å²) >= 11 is 0. The molecule has 0 spiro atoms. The predicted octanol–water partition coefficient (Wildman–Crippen LogP) is 1.16. The third kappa shape index (κ3) is 2.53. The summed E-state index contributed by atoms with van der Waals surface area (Å²) in [6.45, 7) is 1.34. The van der Waals surface area contributed by atoms with Gasteiger partial charge in [0.2, 0.25) is 5.82 Å². The molecule has 2 aromatic rings. The lowest BCUT2D eigenvalue weighted by Gasteiger charge is -2.32. The molecule has 1 amide bonds. The number of carbonyl (C=O) groups is 1. The Hall–Kier alpha value is -2.28. The van der Waals surface area contributed by atoms with Crippen LogP contribution in [-0.4, -0.2) is 45.7 Å². The van der Waals surface area contributed by atoms with Crippen molar-refractivity contribution in [1.82, 2.24) is 20.1 Å². The Balaban J connectivity index is 1.73. The average Bonchev–Trinajstić information content (AvgIpc) is 3.01. The number of nitrogens with zero attached hydrogens (tertiary/aromatic N) is 3. The molecule has 0 aliphatic carbocycles. The van der Waals surface area contributed by atoms with Gasteiger partial charge in [-0.05, 0) is 17.7 Å². The summed E-state index contributed by atoms with van der Waals surface area (Å²) < 4.78 is 18.6. The summed E-state index contributed by atoms with van der Waals surface area (Å²) in [7, 11) is 0. The van der Waals surface area contributed by atoms with Crippen LogP contribution >= 0.6 is 0 Å². The number of halogens is 1. The quantitative estimate of drug-likeness (QED) is 0.893. The third-order valence-electron chi connectivity index (χ3n) is 3.21. The topological polar surface area (TPSA) is 71.1 Å². The lowest BCUT2D eigenvalue weighted by molar-refractivity contribution is -0.0232. The van der Waals surface area contributed by atoms with E-state index < -0.39 is 0 Å². The van der Waals surface area contributed by atoms with E-state index in [2.05, 4.69) is 15.2 Å². The number of aromatic amines is 1. The Bertz CT molecular complexity index is 585. The van der Waals surface area contributed by atoms with Gasteiger partial charge in [-0.25, -0.2) is 9.37 Å². The summed E-state index contributed by atoms with van der Waals surface area (Å²) in [5, 5.41) is 6.22. The Morgan fingerprint density at radius 1 is 1.40 bits per heavy atom. The third-order valence-corrected chi connectivity index (χ3v) is 3.21. The highest BCUT2D eigenvalue weighted by Crippen LogP contribution is 2.23. The molecular weight excluding hydrogens is 263 g/mol. The number of hydrogen-bond acceptors (Lipinski definition) is 4. The highest BCUT2D eigenvalue weighted by molar-refractivity contribution is 5.90. The smallest absolute Gasteiger partial charge is 0.291 e. The van der Waals surface area contributed by atoms with E-state index in [1.165, 1.54) is 18.5 Å². The van der Waals surface area contributed by atoms with E-state index in [0.717, 1.165) is 5.56 Å². The molecule has 0 bridgehead atoms. The van der Waals surface area contributed by atoms with Crippen LogP contribution in [0.5, 0.6) is 0 Å². The largest absolute Gasteiger partial charge is 0.370 e. The van der Waals surface area contributed by atoms with Crippen LogP contribution in [0.4, 0.5) is 4.39 Å². The number of benzene rings is 1. The van der Waals surface area contributed by atoms with Gasteiger partial charge in [0.05, 0.1) is 13.2 Å². The zero-order valence-electron chi connectivity index (χ0n) is 10.6. The van der Waals surface area contributed by atoms with Gasteiger partial charge >= 0.3 is 0 Å². The molecule has 1 aromatic heterocycles. The number of hydrogen-bond donors (Lipinski definition) is 1. The van der Waals surface area contributed by atoms with Crippen LogP contribution < -0.4 is 0 Å². The van der Waals surface area contributed by atoms with E-state index >= 15 is 0 Å². The molecule has 0 saturated carbocycles. The maximum atomic E-state index is 12.9. The molecule has 1 unspecified atom stereocenters. The molecule has 0 radical (unpaired) electrons. The number of nitrogens with one attached hydrogen (secondary N) is 1. The van der Waals surface area contributed by atoms with Gasteiger partial charge in [0.15, 0.2) is 0 Å². The maximum absolute atomic E-state index is 12.9. The van der Waals surface area contributed by atoms with Crippen LogP contribution in [0.2, 0.25) is 0 Å². The lowest BCUT2D eigenvalue weighted by atomic mass is 10.1. The Labute approximate surface area is 114 Å². The van der Waals surface area contributed by atoms with Gasteiger partial charge in [0, 0.05) is 6.54 Å². The number of H-pyrrole nitrogens is 1. The molecule has 104 valence electrons. The second kappa shape index (κ2) is 5.38. The summed E-state index contributed by atoms with van der Waals surface area (Å²) in [6.07, 6.45) is 1.04. The van der Waals surface area contributed by atoms with Gasteiger partial charge in [-0.3, -0.25) is 9.89 Å². The van der Waals surface area contributed by atoms with Crippen molar-refractivity contribution in [3.8, 4) is 0 Å². The number of morpholine rings is 1. The fourth-order valence-electron chi connectivity index (χ4n) is 2.17. The fourth-order valence-corrected chi connectivity index (χ4v) is 2.17. The zero-order valence-corrected chi connectivity index (χ0v) is 10.6. The molecule has 6 nitrogen and oxygen atoms in total. The minimum Gasteiger partial charge on any atom is -0.370 e. The zero-order chi connectivity index (χ0) is 13.9. The number of carbonyl (C=O) groups excluding carboxylic acids is 1. The van der Waals surface area contributed by atoms with E-state index in [9.17, 15) is 9.18 Å². The van der Waals surface area contributed by atoms with Crippen LogP contribution in [0.1, 0.15) is 22.3 Å². The van der Waals surface area contributed by atoms with Crippen LogP contribution in [0.15, 0.2) is 30.6 Å². The Kier molecular flexibility index (Phi) is 3.42. The molecule has 1 aromatic carbocycles. The lowest BCUT2D eigenvalue weighted by Crippen LogP contribution is -2.42. The van der Waals surface area contributed by atoms with Crippen LogP contribution in [0.3, 0.4) is 0 Å². The van der Waals surface area contributed by atoms with Crippen LogP contribution in [0.25, 0.3) is 0 Å². The van der Waals surface area contributed by atoms with Crippen molar-refractivity contribution < 1.29 is 13.9 Å². The molecule has 1 saturated heterocycles. The predicted molar refractivity (Wildman–Crippen MR) is 67.4 cm³/mol. The van der Waals surface area contributed by atoms with E-state index in [1.54, 1.807) is 17.0 Å². The molecule has 7 heteroatoms. The van der Waals surface area contributed by atoms with Crippen molar-refractivity contribution in [3.63, 3.8) is 0 Å². The first-order valence-corrected chi connectivity index (χ1v) is 6.26. The first-order chi connectivity index (χ1) is 9.74. The van der Waals surface area contributed by atoms with Crippen molar-refractivity contribution in [2.24, 2.45) is 0 Å². The molecule has 1 aliphatic heterocycles. The monoisotopic (exact) mass is 276 g/mol. The fraction of sp³-hybridized carbons (Fsp3) is 0.308. The molecule has 20 heavy (non-hydrogen) atoms. The van der Waals surface area contributed by atoms with Gasteiger partial charge in [-0.15, -0.1) is 0 Å². The summed E-state index contributed by atoms with van der Waals surface area (Å²) in [5.74, 6) is -0.290. The van der Waals surface area contributed by atoms with Crippen LogP contribution in [0, 0.1) is 5.82 Å². The molecule has 1 N–H and O–H groups in total. The number of rotatable bonds is 2. The summed E-state index contributed by atoms with van der Waals surface area (Å²) in [4.78, 5) is 17.7. The highest BCUT2D eigenvalue weighted by atomic mass is 19.1. The SMILES string of the molecule is O=C(c1ncn[nH]1)N1CCOC(c2ccc(F)cc2)C1. The van der Waals surface area contributed by atoms with Crippen molar-refractivity contribution in [2.45, 2.75) is 6.10 Å². The van der Waals surface area contributed by atoms with E-state index in [4.69, 9.17) is 4.74 Å². The van der Waals surface area contributed by atoms with Crippen LogP contribution in [-0.2, 0) is 4.74 Å². The Morgan fingerprint density at radius 2 is 2.20 bits per heavy atom. The standard InChI is InChI=1S/C13H13FN4O2/c14-10-3-1-9(2-4-10)11-7-18(5-6-20-11)13(19)12-15-8-16-17-12/h1-4,8,11H,5-7H2,(H,15,16,17). The van der Waals surface area contributed by atoms with Crippen molar-refractivity contribution in [1.29, 1.82) is 0 Å².